The lowest BCUT2D eigenvalue weighted by Crippen LogP contribution is -2.24. The van der Waals surface area contributed by atoms with Crippen LogP contribution in [0, 0.1) is 0 Å². The standard InChI is InChI=1S/C21H14Cl2N2O3/c22-14-5-3-4-13(10-14)11-25-9-8-24-12-16(15-6-1-2-7-17(15)23)19(26)20(27)18(24)21(25)28/h1-10,12,27H,11H2. The van der Waals surface area contributed by atoms with Gasteiger partial charge in [0, 0.05) is 34.2 Å². The van der Waals surface area contributed by atoms with Gasteiger partial charge in [-0.3, -0.25) is 9.59 Å². The summed E-state index contributed by atoms with van der Waals surface area (Å²) in [4.78, 5) is 25.6. The summed E-state index contributed by atoms with van der Waals surface area (Å²) >= 11 is 12.2. The molecular weight excluding hydrogens is 399 g/mol. The van der Waals surface area contributed by atoms with Gasteiger partial charge in [0.15, 0.2) is 11.3 Å². The van der Waals surface area contributed by atoms with Gasteiger partial charge in [-0.2, -0.15) is 0 Å². The van der Waals surface area contributed by atoms with E-state index in [4.69, 9.17) is 23.2 Å². The smallest absolute Gasteiger partial charge is 0.279 e. The van der Waals surface area contributed by atoms with Crippen molar-refractivity contribution < 1.29 is 5.11 Å². The fourth-order valence-corrected chi connectivity index (χ4v) is 3.58. The van der Waals surface area contributed by atoms with Crippen molar-refractivity contribution in [2.24, 2.45) is 0 Å². The largest absolute Gasteiger partial charge is 0.503 e. The molecule has 28 heavy (non-hydrogen) atoms. The molecule has 140 valence electrons. The Bertz CT molecular complexity index is 1330. The van der Waals surface area contributed by atoms with Gasteiger partial charge in [0.1, 0.15) is 0 Å². The van der Waals surface area contributed by atoms with E-state index in [0.717, 1.165) is 5.56 Å². The minimum Gasteiger partial charge on any atom is -0.503 e. The molecule has 0 spiro atoms. The molecule has 0 amide bonds. The van der Waals surface area contributed by atoms with Crippen molar-refractivity contribution in [3.05, 3.63) is 103 Å². The summed E-state index contributed by atoms with van der Waals surface area (Å²) in [5.74, 6) is -0.608. The van der Waals surface area contributed by atoms with Crippen molar-refractivity contribution in [1.82, 2.24) is 8.97 Å². The first-order valence-corrected chi connectivity index (χ1v) is 9.18. The first-order chi connectivity index (χ1) is 13.5. The number of fused-ring (bicyclic) bond motifs is 1. The molecule has 4 aromatic rings. The van der Waals surface area contributed by atoms with Crippen LogP contribution in [0.1, 0.15) is 5.56 Å². The zero-order chi connectivity index (χ0) is 19.8. The average Bonchev–Trinajstić information content (AvgIpc) is 2.67. The maximum absolute atomic E-state index is 12.9. The number of benzene rings is 2. The lowest BCUT2D eigenvalue weighted by Gasteiger charge is -2.12. The monoisotopic (exact) mass is 412 g/mol. The van der Waals surface area contributed by atoms with Gasteiger partial charge in [-0.05, 0) is 23.8 Å². The van der Waals surface area contributed by atoms with Crippen LogP contribution in [0.4, 0.5) is 0 Å². The highest BCUT2D eigenvalue weighted by molar-refractivity contribution is 6.33. The molecule has 2 aromatic carbocycles. The second-order valence-corrected chi connectivity index (χ2v) is 7.16. The molecule has 2 heterocycles. The average molecular weight is 413 g/mol. The SMILES string of the molecule is O=c1c(-c2ccccc2Cl)cn2ccn(Cc3cccc(Cl)c3)c(=O)c2c1O. The predicted octanol–water partition coefficient (Wildman–Crippen LogP) is 4.19. The summed E-state index contributed by atoms with van der Waals surface area (Å²) in [6, 6.07) is 14.0. The molecule has 0 saturated carbocycles. The third kappa shape index (κ3) is 3.19. The topological polar surface area (TPSA) is 63.7 Å². The molecule has 2 aromatic heterocycles. The zero-order valence-corrected chi connectivity index (χ0v) is 16.0. The predicted molar refractivity (Wildman–Crippen MR) is 111 cm³/mol. The van der Waals surface area contributed by atoms with E-state index in [2.05, 4.69) is 0 Å². The summed E-state index contributed by atoms with van der Waals surface area (Å²) in [6.07, 6.45) is 4.71. The Labute approximate surface area is 169 Å². The van der Waals surface area contributed by atoms with Gasteiger partial charge in [0.2, 0.25) is 5.43 Å². The van der Waals surface area contributed by atoms with Crippen LogP contribution in [-0.4, -0.2) is 14.1 Å². The molecule has 0 unspecified atom stereocenters. The number of hydrogen-bond donors (Lipinski definition) is 1. The third-order valence-electron chi connectivity index (χ3n) is 4.49. The van der Waals surface area contributed by atoms with Crippen molar-refractivity contribution in [3.8, 4) is 16.9 Å². The maximum Gasteiger partial charge on any atom is 0.279 e. The zero-order valence-electron chi connectivity index (χ0n) is 14.5. The first kappa shape index (κ1) is 18.3. The van der Waals surface area contributed by atoms with Crippen LogP contribution in [-0.2, 0) is 6.54 Å². The van der Waals surface area contributed by atoms with Crippen molar-refractivity contribution in [2.45, 2.75) is 6.54 Å². The quantitative estimate of drug-likeness (QED) is 0.548. The highest BCUT2D eigenvalue weighted by atomic mass is 35.5. The number of aromatic nitrogens is 2. The molecule has 0 radical (unpaired) electrons. The lowest BCUT2D eigenvalue weighted by atomic mass is 10.1. The molecule has 0 bridgehead atoms. The van der Waals surface area contributed by atoms with Gasteiger partial charge in [-0.25, -0.2) is 0 Å². The van der Waals surface area contributed by atoms with E-state index in [9.17, 15) is 14.7 Å². The second kappa shape index (κ2) is 7.19. The molecule has 7 heteroatoms. The van der Waals surface area contributed by atoms with Crippen LogP contribution in [0.2, 0.25) is 10.0 Å². The number of halogens is 2. The van der Waals surface area contributed by atoms with Gasteiger partial charge in [-0.1, -0.05) is 53.5 Å². The van der Waals surface area contributed by atoms with Crippen LogP contribution >= 0.6 is 23.2 Å². The Kier molecular flexibility index (Phi) is 4.71. The van der Waals surface area contributed by atoms with E-state index in [1.54, 1.807) is 54.9 Å². The first-order valence-electron chi connectivity index (χ1n) is 8.42. The Hall–Kier alpha value is -3.02. The minimum absolute atomic E-state index is 0.0923. The van der Waals surface area contributed by atoms with Crippen molar-refractivity contribution in [2.75, 3.05) is 0 Å². The summed E-state index contributed by atoms with van der Waals surface area (Å²) < 4.78 is 2.85. The molecule has 0 atom stereocenters. The molecule has 0 saturated heterocycles. The van der Waals surface area contributed by atoms with E-state index in [1.165, 1.54) is 15.2 Å². The molecule has 1 N–H and O–H groups in total. The van der Waals surface area contributed by atoms with Crippen LogP contribution in [0.25, 0.3) is 16.6 Å². The highest BCUT2D eigenvalue weighted by Crippen LogP contribution is 2.27. The number of rotatable bonds is 3. The summed E-state index contributed by atoms with van der Waals surface area (Å²) in [6.45, 7) is 0.260. The number of hydrogen-bond acceptors (Lipinski definition) is 3. The second-order valence-electron chi connectivity index (χ2n) is 6.32. The van der Waals surface area contributed by atoms with Gasteiger partial charge in [0.25, 0.3) is 5.56 Å². The van der Waals surface area contributed by atoms with Crippen molar-refractivity contribution >= 4 is 28.7 Å². The van der Waals surface area contributed by atoms with Crippen molar-refractivity contribution in [3.63, 3.8) is 0 Å². The maximum atomic E-state index is 12.9. The minimum atomic E-state index is -0.647. The fourth-order valence-electron chi connectivity index (χ4n) is 3.13. The number of aromatic hydroxyl groups is 1. The molecule has 5 nitrogen and oxygen atoms in total. The van der Waals surface area contributed by atoms with E-state index in [1.807, 2.05) is 6.07 Å². The van der Waals surface area contributed by atoms with E-state index in [-0.39, 0.29) is 17.6 Å². The number of pyridine rings is 1. The van der Waals surface area contributed by atoms with Crippen molar-refractivity contribution in [1.29, 1.82) is 0 Å². The van der Waals surface area contributed by atoms with Gasteiger partial charge >= 0.3 is 0 Å². The van der Waals surface area contributed by atoms with Gasteiger partial charge in [-0.15, -0.1) is 0 Å². The van der Waals surface area contributed by atoms with Crippen LogP contribution in [0.3, 0.4) is 0 Å². The lowest BCUT2D eigenvalue weighted by molar-refractivity contribution is 0.472. The van der Waals surface area contributed by atoms with Crippen LogP contribution < -0.4 is 11.0 Å². The Balaban J connectivity index is 1.89. The third-order valence-corrected chi connectivity index (χ3v) is 5.05. The molecule has 0 aliphatic carbocycles. The number of nitrogens with zero attached hydrogens (tertiary/aromatic N) is 2. The van der Waals surface area contributed by atoms with Crippen LogP contribution in [0.5, 0.6) is 5.75 Å². The van der Waals surface area contributed by atoms with E-state index in [0.29, 0.717) is 15.6 Å². The highest BCUT2D eigenvalue weighted by Gasteiger charge is 2.17. The van der Waals surface area contributed by atoms with E-state index < -0.39 is 16.7 Å². The fraction of sp³-hybridized carbons (Fsp3) is 0.0476. The van der Waals surface area contributed by atoms with Gasteiger partial charge < -0.3 is 14.1 Å². The Morgan fingerprint density at radius 3 is 2.46 bits per heavy atom. The summed E-state index contributed by atoms with van der Waals surface area (Å²) in [5.41, 5.74) is 0.307. The molecule has 0 fully saturated rings. The Morgan fingerprint density at radius 2 is 1.71 bits per heavy atom. The Morgan fingerprint density at radius 1 is 0.929 bits per heavy atom. The summed E-state index contributed by atoms with van der Waals surface area (Å²) in [5, 5.41) is 11.4. The molecule has 0 aliphatic heterocycles. The van der Waals surface area contributed by atoms with Gasteiger partial charge in [0.05, 0.1) is 12.1 Å². The van der Waals surface area contributed by atoms with E-state index >= 15 is 0 Å². The molecule has 4 rings (SSSR count). The summed E-state index contributed by atoms with van der Waals surface area (Å²) in [7, 11) is 0. The van der Waals surface area contributed by atoms with Crippen LogP contribution in [0.15, 0.2) is 76.7 Å². The molecular formula is C21H14Cl2N2O3. The normalized spacial score (nSPS) is 11.1. The molecule has 0 aliphatic rings.